The number of pyridine rings is 2. The summed E-state index contributed by atoms with van der Waals surface area (Å²) in [6, 6.07) is 7.14. The molecule has 2 spiro atoms. The highest BCUT2D eigenvalue weighted by Crippen LogP contribution is 2.68. The molecular weight excluding hydrogens is 630 g/mol. The van der Waals surface area contributed by atoms with E-state index in [1.165, 1.54) is 0 Å². The minimum absolute atomic E-state index is 0.00415. The van der Waals surface area contributed by atoms with E-state index in [0.717, 1.165) is 16.8 Å². The summed E-state index contributed by atoms with van der Waals surface area (Å²) < 4.78 is 37.8. The van der Waals surface area contributed by atoms with Crippen molar-refractivity contribution in [2.75, 3.05) is 13.1 Å². The van der Waals surface area contributed by atoms with Gasteiger partial charge in [0.2, 0.25) is 5.91 Å². The molecule has 3 aromatic rings. The number of amides is 2. The van der Waals surface area contributed by atoms with Gasteiger partial charge in [-0.05, 0) is 94.5 Å². The van der Waals surface area contributed by atoms with Gasteiger partial charge in [0.15, 0.2) is 11.8 Å². The van der Waals surface area contributed by atoms with E-state index < -0.39 is 40.4 Å². The molecule has 0 bridgehead atoms. The number of allylic oxidation sites excluding steroid dienone is 4. The lowest BCUT2D eigenvalue weighted by atomic mass is 9.74. The summed E-state index contributed by atoms with van der Waals surface area (Å²) in [5.41, 5.74) is 1.25. The number of hydrogen-bond donors (Lipinski definition) is 2. The molecule has 0 aromatic carbocycles. The SMILES string of the molecule is CC(C)(C)OC(=O)NC1CC12c1cccnc1[C@@]1(CC[C@H]2C2=C(F)C(F)CC=C2)C[C@@H]1C(=O)N1CCC(n2c(=O)[nH]c3ncccc32)CC1. The molecule has 8 rings (SSSR count). The minimum atomic E-state index is -1.70. The van der Waals surface area contributed by atoms with E-state index in [2.05, 4.69) is 15.3 Å². The average Bonchev–Trinajstić information content (AvgIpc) is 3.96. The van der Waals surface area contributed by atoms with Gasteiger partial charge in [-0.2, -0.15) is 0 Å². The van der Waals surface area contributed by atoms with Crippen molar-refractivity contribution in [1.82, 2.24) is 29.7 Å². The number of nitrogens with one attached hydrogen (secondary N) is 2. The smallest absolute Gasteiger partial charge is 0.407 e. The molecule has 3 fully saturated rings. The van der Waals surface area contributed by atoms with Gasteiger partial charge in [0.25, 0.3) is 0 Å². The molecule has 1 aliphatic heterocycles. The molecule has 3 aromatic heterocycles. The third kappa shape index (κ3) is 5.20. The molecule has 258 valence electrons. The normalized spacial score (nSPS) is 31.2. The number of rotatable bonds is 4. The standard InChI is InChI=1S/C37H42F2N6O4/c1-35(2,3)49-34(48)42-28-20-37(28)23(22-7-4-9-26(38)29(22)39)11-14-36(30-24(37)8-5-15-40-30)19-25(36)32(46)44-17-12-21(13-18-44)45-27-10-6-16-41-31(27)43-33(45)47/h4-8,10,15-16,21,23,25-26,28H,9,11-14,17-20H2,1-3H3,(H,42,48)(H,41,43,47)/t23-,25+,26?,28?,36-,37?/m0/s1. The Morgan fingerprint density at radius 1 is 1.08 bits per heavy atom. The van der Waals surface area contributed by atoms with Gasteiger partial charge in [0, 0.05) is 54.8 Å². The maximum absolute atomic E-state index is 15.7. The Labute approximate surface area is 283 Å². The second kappa shape index (κ2) is 11.3. The van der Waals surface area contributed by atoms with Crippen molar-refractivity contribution in [3.63, 3.8) is 0 Å². The molecule has 5 aliphatic rings. The van der Waals surface area contributed by atoms with Crippen molar-refractivity contribution in [1.29, 1.82) is 0 Å². The van der Waals surface area contributed by atoms with Crippen LogP contribution in [0, 0.1) is 11.8 Å². The summed E-state index contributed by atoms with van der Waals surface area (Å²) >= 11 is 0. The van der Waals surface area contributed by atoms with Gasteiger partial charge in [0.05, 0.1) is 17.1 Å². The van der Waals surface area contributed by atoms with Crippen molar-refractivity contribution in [2.24, 2.45) is 11.8 Å². The predicted molar refractivity (Wildman–Crippen MR) is 178 cm³/mol. The number of ether oxygens (including phenoxy) is 1. The molecule has 2 N–H and O–H groups in total. The number of hydrogen-bond acceptors (Lipinski definition) is 6. The molecule has 49 heavy (non-hydrogen) atoms. The number of imidazole rings is 1. The van der Waals surface area contributed by atoms with Crippen LogP contribution in [0.5, 0.6) is 0 Å². The second-order valence-corrected chi connectivity index (χ2v) is 15.5. The van der Waals surface area contributed by atoms with E-state index in [1.54, 1.807) is 49.9 Å². The van der Waals surface area contributed by atoms with Crippen LogP contribution >= 0.6 is 0 Å². The predicted octanol–water partition coefficient (Wildman–Crippen LogP) is 5.71. The van der Waals surface area contributed by atoms with Crippen molar-refractivity contribution < 1.29 is 23.1 Å². The van der Waals surface area contributed by atoms with Gasteiger partial charge in [-0.25, -0.2) is 23.4 Å². The number of likely N-dealkylation sites (tertiary alicyclic amines) is 1. The molecule has 4 heterocycles. The van der Waals surface area contributed by atoms with Crippen LogP contribution in [0.4, 0.5) is 13.6 Å². The molecular formula is C37H42F2N6O4. The zero-order chi connectivity index (χ0) is 34.3. The first-order valence-corrected chi connectivity index (χ1v) is 17.4. The summed E-state index contributed by atoms with van der Waals surface area (Å²) in [5.74, 6) is -1.38. The van der Waals surface area contributed by atoms with Crippen LogP contribution < -0.4 is 11.0 Å². The zero-order valence-corrected chi connectivity index (χ0v) is 28.0. The molecule has 2 saturated carbocycles. The van der Waals surface area contributed by atoms with Crippen molar-refractivity contribution in [3.05, 3.63) is 82.0 Å². The summed E-state index contributed by atoms with van der Waals surface area (Å²) in [5, 5.41) is 3.04. The first-order valence-electron chi connectivity index (χ1n) is 17.4. The minimum Gasteiger partial charge on any atom is -0.444 e. The van der Waals surface area contributed by atoms with Crippen LogP contribution in [0.25, 0.3) is 11.2 Å². The summed E-state index contributed by atoms with van der Waals surface area (Å²) in [4.78, 5) is 54.0. The Balaban J connectivity index is 1.08. The highest BCUT2D eigenvalue weighted by atomic mass is 19.2. The van der Waals surface area contributed by atoms with Crippen LogP contribution in [0.1, 0.15) is 83.0 Å². The van der Waals surface area contributed by atoms with Gasteiger partial charge in [-0.15, -0.1) is 0 Å². The number of carbonyl (C=O) groups excluding carboxylic acids is 2. The van der Waals surface area contributed by atoms with E-state index in [9.17, 15) is 18.8 Å². The first kappa shape index (κ1) is 31.9. The summed E-state index contributed by atoms with van der Waals surface area (Å²) in [7, 11) is 0. The third-order valence-corrected chi connectivity index (χ3v) is 11.5. The quantitative estimate of drug-likeness (QED) is 0.367. The van der Waals surface area contributed by atoms with Crippen LogP contribution in [0.3, 0.4) is 0 Å². The molecule has 2 amide bonds. The van der Waals surface area contributed by atoms with Gasteiger partial charge in [0.1, 0.15) is 11.4 Å². The lowest BCUT2D eigenvalue weighted by Crippen LogP contribution is -2.42. The number of piperidine rings is 1. The van der Waals surface area contributed by atoms with Crippen LogP contribution in [0.2, 0.25) is 0 Å². The molecule has 3 unspecified atom stereocenters. The Bertz CT molecular complexity index is 1950. The Hall–Kier alpha value is -4.35. The number of carbonyl (C=O) groups is 2. The number of aromatic amines is 1. The summed E-state index contributed by atoms with van der Waals surface area (Å²) in [6.45, 7) is 6.45. The molecule has 4 aliphatic carbocycles. The van der Waals surface area contributed by atoms with E-state index >= 15 is 4.39 Å². The monoisotopic (exact) mass is 672 g/mol. The Morgan fingerprint density at radius 2 is 1.84 bits per heavy atom. The number of nitrogens with zero attached hydrogens (tertiary/aromatic N) is 4. The molecule has 12 heteroatoms. The van der Waals surface area contributed by atoms with Crippen LogP contribution in [-0.2, 0) is 20.4 Å². The maximum Gasteiger partial charge on any atom is 0.407 e. The van der Waals surface area contributed by atoms with Gasteiger partial charge < -0.3 is 15.0 Å². The van der Waals surface area contributed by atoms with Gasteiger partial charge in [-0.1, -0.05) is 18.2 Å². The van der Waals surface area contributed by atoms with E-state index in [-0.39, 0.29) is 36.0 Å². The third-order valence-electron chi connectivity index (χ3n) is 11.5. The van der Waals surface area contributed by atoms with E-state index in [0.29, 0.717) is 62.8 Å². The fourth-order valence-corrected chi connectivity index (χ4v) is 9.18. The Morgan fingerprint density at radius 3 is 2.61 bits per heavy atom. The lowest BCUT2D eigenvalue weighted by Gasteiger charge is -2.33. The lowest BCUT2D eigenvalue weighted by molar-refractivity contribution is -0.134. The van der Waals surface area contributed by atoms with Gasteiger partial charge in [-0.3, -0.25) is 19.3 Å². The number of alkyl halides is 1. The zero-order valence-electron chi connectivity index (χ0n) is 28.0. The summed E-state index contributed by atoms with van der Waals surface area (Å²) in [6.07, 6.45) is 8.10. The number of halogens is 2. The van der Waals surface area contributed by atoms with Crippen molar-refractivity contribution in [2.45, 2.75) is 100 Å². The van der Waals surface area contributed by atoms with Gasteiger partial charge >= 0.3 is 11.8 Å². The van der Waals surface area contributed by atoms with E-state index in [1.807, 2.05) is 29.2 Å². The molecule has 6 atom stereocenters. The number of H-pyrrole nitrogens is 1. The van der Waals surface area contributed by atoms with E-state index in [4.69, 9.17) is 9.72 Å². The Kier molecular flexibility index (Phi) is 7.38. The first-order chi connectivity index (χ1) is 23.4. The van der Waals surface area contributed by atoms with Crippen molar-refractivity contribution in [3.8, 4) is 0 Å². The second-order valence-electron chi connectivity index (χ2n) is 15.5. The fraction of sp³-hybridized carbons (Fsp3) is 0.541. The highest BCUT2D eigenvalue weighted by molar-refractivity contribution is 5.85. The topological polar surface area (TPSA) is 122 Å². The molecule has 1 saturated heterocycles. The average molecular weight is 673 g/mol. The number of alkyl carbamates (subject to hydrolysis) is 1. The number of fused-ring (bicyclic) bond motifs is 4. The van der Waals surface area contributed by atoms with Crippen LogP contribution in [0.15, 0.2) is 65.0 Å². The fourth-order valence-electron chi connectivity index (χ4n) is 9.18. The largest absolute Gasteiger partial charge is 0.444 e. The molecule has 0 radical (unpaired) electrons. The number of aromatic nitrogens is 4. The highest BCUT2D eigenvalue weighted by Gasteiger charge is 2.70. The van der Waals surface area contributed by atoms with Crippen molar-refractivity contribution >= 4 is 23.2 Å². The van der Waals surface area contributed by atoms with Crippen LogP contribution in [-0.4, -0.2) is 67.3 Å². The maximum atomic E-state index is 15.7. The molecule has 10 nitrogen and oxygen atoms in total.